The Morgan fingerprint density at radius 2 is 1.86 bits per heavy atom. The van der Waals surface area contributed by atoms with Gasteiger partial charge in [0.1, 0.15) is 6.61 Å². The topological polar surface area (TPSA) is 97.7 Å². The minimum absolute atomic E-state index is 0.0880. The number of rotatable bonds is 5. The zero-order valence-electron chi connectivity index (χ0n) is 7.77. The molecule has 0 aliphatic rings. The van der Waals surface area contributed by atoms with Crippen LogP contribution in [-0.2, 0) is 23.9 Å². The van der Waals surface area contributed by atoms with Crippen molar-refractivity contribution in [3.05, 3.63) is 0 Å². The van der Waals surface area contributed by atoms with Gasteiger partial charge >= 0.3 is 5.97 Å². The Balaban J connectivity index is 5.18. The Morgan fingerprint density at radius 3 is 2.07 bits per heavy atom. The standard InChI is InChI=1S/C8H10O6/c1-5(11)8(4-10,7(13)3-9)14-6(2)12/h4,9H,3H2,1-2H3. The molecule has 0 aromatic rings. The van der Waals surface area contributed by atoms with Crippen molar-refractivity contribution in [1.29, 1.82) is 0 Å². The van der Waals surface area contributed by atoms with Crippen LogP contribution in [0.3, 0.4) is 0 Å². The third-order valence-electron chi connectivity index (χ3n) is 1.55. The molecular formula is C8H10O6. The van der Waals surface area contributed by atoms with Gasteiger partial charge in [-0.05, 0) is 6.92 Å². The van der Waals surface area contributed by atoms with Crippen LogP contribution in [-0.4, -0.2) is 41.1 Å². The van der Waals surface area contributed by atoms with Crippen LogP contribution in [0.5, 0.6) is 0 Å². The molecule has 1 unspecified atom stereocenters. The maximum atomic E-state index is 11.1. The number of hydrogen-bond donors (Lipinski definition) is 1. The number of carbonyl (C=O) groups is 4. The number of Topliss-reactive ketones (excluding diaryl/α,β-unsaturated/α-hetero) is 2. The molecule has 6 heteroatoms. The summed E-state index contributed by atoms with van der Waals surface area (Å²) in [4.78, 5) is 43.2. The van der Waals surface area contributed by atoms with E-state index in [1.165, 1.54) is 0 Å². The van der Waals surface area contributed by atoms with Gasteiger partial charge in [0, 0.05) is 6.92 Å². The molecule has 0 aromatic heterocycles. The van der Waals surface area contributed by atoms with E-state index in [2.05, 4.69) is 4.74 Å². The Morgan fingerprint density at radius 1 is 1.36 bits per heavy atom. The molecule has 0 heterocycles. The lowest BCUT2D eigenvalue weighted by Crippen LogP contribution is -2.52. The van der Waals surface area contributed by atoms with E-state index >= 15 is 0 Å². The molecule has 14 heavy (non-hydrogen) atoms. The van der Waals surface area contributed by atoms with Crippen molar-refractivity contribution in [2.75, 3.05) is 6.61 Å². The van der Waals surface area contributed by atoms with E-state index in [1.54, 1.807) is 0 Å². The van der Waals surface area contributed by atoms with Gasteiger partial charge in [0.2, 0.25) is 5.78 Å². The third-order valence-corrected chi connectivity index (χ3v) is 1.55. The van der Waals surface area contributed by atoms with Crippen LogP contribution < -0.4 is 0 Å². The molecule has 78 valence electrons. The van der Waals surface area contributed by atoms with E-state index in [0.717, 1.165) is 13.8 Å². The van der Waals surface area contributed by atoms with E-state index in [4.69, 9.17) is 5.11 Å². The van der Waals surface area contributed by atoms with Crippen LogP contribution in [0.1, 0.15) is 13.8 Å². The summed E-state index contributed by atoms with van der Waals surface area (Å²) in [5, 5.41) is 8.51. The van der Waals surface area contributed by atoms with Crippen molar-refractivity contribution in [3.63, 3.8) is 0 Å². The van der Waals surface area contributed by atoms with Crippen LogP contribution in [0.15, 0.2) is 0 Å². The second-order valence-corrected chi connectivity index (χ2v) is 2.58. The predicted molar refractivity (Wildman–Crippen MR) is 43.3 cm³/mol. The number of esters is 1. The molecule has 1 atom stereocenters. The lowest BCUT2D eigenvalue weighted by Gasteiger charge is -2.21. The number of hydrogen-bond acceptors (Lipinski definition) is 6. The number of aldehydes is 1. The van der Waals surface area contributed by atoms with Crippen LogP contribution in [0.4, 0.5) is 0 Å². The molecule has 0 spiro atoms. The average molecular weight is 202 g/mol. The zero-order chi connectivity index (χ0) is 11.4. The maximum absolute atomic E-state index is 11.1. The summed E-state index contributed by atoms with van der Waals surface area (Å²) in [6.45, 7) is 0.822. The van der Waals surface area contributed by atoms with Gasteiger partial charge in [0.25, 0.3) is 5.60 Å². The van der Waals surface area contributed by atoms with Crippen LogP contribution in [0.25, 0.3) is 0 Å². The number of aliphatic hydroxyl groups is 1. The first-order valence-corrected chi connectivity index (χ1v) is 3.71. The normalized spacial score (nSPS) is 13.9. The fraction of sp³-hybridized carbons (Fsp3) is 0.500. The lowest BCUT2D eigenvalue weighted by molar-refractivity contribution is -0.172. The molecule has 1 N–H and O–H groups in total. The Labute approximate surface area is 79.8 Å². The van der Waals surface area contributed by atoms with Crippen LogP contribution in [0, 0.1) is 0 Å². The summed E-state index contributed by atoms with van der Waals surface area (Å²) in [6, 6.07) is 0. The molecule has 0 amide bonds. The minimum Gasteiger partial charge on any atom is -0.435 e. The van der Waals surface area contributed by atoms with Gasteiger partial charge in [-0.1, -0.05) is 0 Å². The summed E-state index contributed by atoms with van der Waals surface area (Å²) >= 11 is 0. The third kappa shape index (κ3) is 2.23. The van der Waals surface area contributed by atoms with Gasteiger partial charge in [-0.3, -0.25) is 19.2 Å². The molecule has 0 saturated carbocycles. The van der Waals surface area contributed by atoms with Crippen molar-refractivity contribution in [3.8, 4) is 0 Å². The average Bonchev–Trinajstić information content (AvgIpc) is 2.12. The second-order valence-electron chi connectivity index (χ2n) is 2.58. The molecule has 0 aliphatic heterocycles. The van der Waals surface area contributed by atoms with Gasteiger partial charge in [0.05, 0.1) is 0 Å². The highest BCUT2D eigenvalue weighted by molar-refractivity contribution is 6.23. The summed E-state index contributed by atoms with van der Waals surface area (Å²) in [6.07, 6.45) is -0.0880. The molecule has 0 saturated heterocycles. The fourth-order valence-corrected chi connectivity index (χ4v) is 0.842. The molecule has 6 nitrogen and oxygen atoms in total. The number of carbonyl (C=O) groups excluding carboxylic acids is 4. The van der Waals surface area contributed by atoms with Crippen LogP contribution in [0.2, 0.25) is 0 Å². The lowest BCUT2D eigenvalue weighted by atomic mass is 9.96. The van der Waals surface area contributed by atoms with Gasteiger partial charge in [-0.2, -0.15) is 0 Å². The highest BCUT2D eigenvalue weighted by atomic mass is 16.6. The van der Waals surface area contributed by atoms with E-state index in [1.807, 2.05) is 0 Å². The fourth-order valence-electron chi connectivity index (χ4n) is 0.842. The SMILES string of the molecule is CC(=O)OC(C=O)(C(C)=O)C(=O)CO. The largest absolute Gasteiger partial charge is 0.435 e. The molecule has 0 rings (SSSR count). The van der Waals surface area contributed by atoms with Crippen molar-refractivity contribution < 1.29 is 29.0 Å². The van der Waals surface area contributed by atoms with Gasteiger partial charge < -0.3 is 9.84 Å². The molecule has 0 aromatic carbocycles. The summed E-state index contributed by atoms with van der Waals surface area (Å²) < 4.78 is 4.34. The molecule has 0 fully saturated rings. The Kier molecular flexibility index (Phi) is 4.10. The molecule has 0 aliphatic carbocycles. The smallest absolute Gasteiger partial charge is 0.304 e. The first-order valence-electron chi connectivity index (χ1n) is 3.71. The minimum atomic E-state index is -2.49. The highest BCUT2D eigenvalue weighted by Gasteiger charge is 2.46. The highest BCUT2D eigenvalue weighted by Crippen LogP contribution is 2.11. The Bertz CT molecular complexity index is 282. The van der Waals surface area contributed by atoms with Gasteiger partial charge in [-0.25, -0.2) is 0 Å². The number of ketones is 2. The van der Waals surface area contributed by atoms with Crippen molar-refractivity contribution in [2.45, 2.75) is 19.4 Å². The first-order chi connectivity index (χ1) is 6.40. The van der Waals surface area contributed by atoms with Crippen molar-refractivity contribution in [2.24, 2.45) is 0 Å². The van der Waals surface area contributed by atoms with E-state index in [9.17, 15) is 19.2 Å². The predicted octanol–water partition coefficient (Wildman–Crippen LogP) is -1.36. The molecular weight excluding hydrogens is 192 g/mol. The van der Waals surface area contributed by atoms with Crippen molar-refractivity contribution in [1.82, 2.24) is 0 Å². The maximum Gasteiger partial charge on any atom is 0.304 e. The van der Waals surface area contributed by atoms with E-state index in [-0.39, 0.29) is 6.29 Å². The summed E-state index contributed by atoms with van der Waals surface area (Å²) in [5.41, 5.74) is -2.49. The van der Waals surface area contributed by atoms with Gasteiger partial charge in [-0.15, -0.1) is 0 Å². The van der Waals surface area contributed by atoms with Crippen molar-refractivity contribution >= 4 is 23.8 Å². The number of ether oxygens (including phenoxy) is 1. The zero-order valence-corrected chi connectivity index (χ0v) is 7.77. The van der Waals surface area contributed by atoms with E-state index < -0.39 is 29.7 Å². The molecule has 0 bridgehead atoms. The quantitative estimate of drug-likeness (QED) is 0.336. The first kappa shape index (κ1) is 12.4. The van der Waals surface area contributed by atoms with E-state index in [0.29, 0.717) is 0 Å². The monoisotopic (exact) mass is 202 g/mol. The summed E-state index contributed by atoms with van der Waals surface area (Å²) in [5.74, 6) is -3.05. The summed E-state index contributed by atoms with van der Waals surface area (Å²) in [7, 11) is 0. The van der Waals surface area contributed by atoms with Crippen LogP contribution >= 0.6 is 0 Å². The Hall–Kier alpha value is -1.56. The van der Waals surface area contributed by atoms with Gasteiger partial charge in [0.15, 0.2) is 12.1 Å². The number of aliphatic hydroxyl groups excluding tert-OH is 1. The second kappa shape index (κ2) is 4.61. The molecule has 0 radical (unpaired) electrons.